The van der Waals surface area contributed by atoms with E-state index in [1.54, 1.807) is 28.0 Å². The number of anilines is 2. The van der Waals surface area contributed by atoms with Crippen molar-refractivity contribution in [1.82, 2.24) is 4.98 Å². The topological polar surface area (TPSA) is 48.8 Å². The minimum Gasteiger partial charge on any atom is -0.334 e. The Hall–Kier alpha value is -3.07. The van der Waals surface area contributed by atoms with Crippen molar-refractivity contribution in [3.63, 3.8) is 0 Å². The number of carbonyl (C=O) groups is 1. The summed E-state index contributed by atoms with van der Waals surface area (Å²) in [6, 6.07) is 22.4. The first-order valence-corrected chi connectivity index (χ1v) is 13.8. The average molecular weight is 515 g/mol. The fraction of sp³-hybridized carbons (Fsp3) is 0.148. The molecule has 0 bridgehead atoms. The van der Waals surface area contributed by atoms with E-state index >= 15 is 0 Å². The van der Waals surface area contributed by atoms with Crippen molar-refractivity contribution in [2.24, 2.45) is 4.99 Å². The number of aryl methyl sites for hydroxylation is 2. The number of aliphatic imine (C=N–C) groups is 1. The lowest BCUT2D eigenvalue weighted by molar-refractivity contribution is -0.113. The highest BCUT2D eigenvalue weighted by molar-refractivity contribution is 8.20. The van der Waals surface area contributed by atoms with Gasteiger partial charge in [0.05, 0.1) is 32.3 Å². The third kappa shape index (κ3) is 3.95. The predicted octanol–water partition coefficient (Wildman–Crippen LogP) is 7.48. The standard InChI is InChI=1S/C27H22N4OS3/c1-4-30-21-10-5-6-11-22(21)34-26(30)24-25(32)31(19-9-7-8-16(2)14-19)27(35-24)29-18-12-13-20-23(15-18)33-17(3)28-20/h5-15H,4H2,1-3H3. The summed E-state index contributed by atoms with van der Waals surface area (Å²) in [5.41, 5.74) is 4.86. The predicted molar refractivity (Wildman–Crippen MR) is 150 cm³/mol. The van der Waals surface area contributed by atoms with Crippen molar-refractivity contribution in [2.75, 3.05) is 16.3 Å². The molecule has 8 heteroatoms. The molecule has 6 rings (SSSR count). The first-order chi connectivity index (χ1) is 17.0. The van der Waals surface area contributed by atoms with Gasteiger partial charge in [-0.3, -0.25) is 9.69 Å². The van der Waals surface area contributed by atoms with Gasteiger partial charge in [0, 0.05) is 11.4 Å². The molecule has 0 atom stereocenters. The molecule has 35 heavy (non-hydrogen) atoms. The summed E-state index contributed by atoms with van der Waals surface area (Å²) in [5.74, 6) is -0.0391. The number of rotatable bonds is 3. The first kappa shape index (κ1) is 22.4. The van der Waals surface area contributed by atoms with Crippen molar-refractivity contribution in [3.8, 4) is 0 Å². The summed E-state index contributed by atoms with van der Waals surface area (Å²) in [4.78, 5) is 29.3. The Kier molecular flexibility index (Phi) is 5.67. The lowest BCUT2D eigenvalue weighted by Crippen LogP contribution is -2.29. The highest BCUT2D eigenvalue weighted by atomic mass is 32.2. The Morgan fingerprint density at radius 3 is 2.66 bits per heavy atom. The lowest BCUT2D eigenvalue weighted by atomic mass is 10.2. The van der Waals surface area contributed by atoms with Crippen LogP contribution in [0.1, 0.15) is 17.5 Å². The second-order valence-corrected chi connectivity index (χ2v) is 11.6. The van der Waals surface area contributed by atoms with Gasteiger partial charge in [0.25, 0.3) is 5.91 Å². The first-order valence-electron chi connectivity index (χ1n) is 11.4. The maximum atomic E-state index is 14.0. The summed E-state index contributed by atoms with van der Waals surface area (Å²) in [6.07, 6.45) is 0. The summed E-state index contributed by atoms with van der Waals surface area (Å²) in [7, 11) is 0. The van der Waals surface area contributed by atoms with Crippen LogP contribution in [0.3, 0.4) is 0 Å². The Morgan fingerprint density at radius 2 is 1.83 bits per heavy atom. The fourth-order valence-electron chi connectivity index (χ4n) is 4.30. The molecule has 0 unspecified atom stereocenters. The van der Waals surface area contributed by atoms with Crippen molar-refractivity contribution in [3.05, 3.63) is 87.2 Å². The van der Waals surface area contributed by atoms with Gasteiger partial charge in [-0.15, -0.1) is 11.3 Å². The van der Waals surface area contributed by atoms with Crippen LogP contribution < -0.4 is 9.80 Å². The Labute approximate surface area is 216 Å². The zero-order chi connectivity index (χ0) is 24.1. The molecule has 1 fully saturated rings. The average Bonchev–Trinajstić information content (AvgIpc) is 3.50. The summed E-state index contributed by atoms with van der Waals surface area (Å²) >= 11 is 4.76. The third-order valence-corrected chi connectivity index (χ3v) is 9.14. The van der Waals surface area contributed by atoms with Gasteiger partial charge in [-0.05, 0) is 80.6 Å². The van der Waals surface area contributed by atoms with Crippen LogP contribution in [0.2, 0.25) is 0 Å². The van der Waals surface area contributed by atoms with E-state index in [0.29, 0.717) is 10.1 Å². The van der Waals surface area contributed by atoms with Crippen molar-refractivity contribution >= 4 is 73.2 Å². The number of thioether (sulfide) groups is 2. The summed E-state index contributed by atoms with van der Waals surface area (Å²) < 4.78 is 1.10. The number of aromatic nitrogens is 1. The highest BCUT2D eigenvalue weighted by Gasteiger charge is 2.40. The van der Waals surface area contributed by atoms with Crippen LogP contribution in [0.25, 0.3) is 10.2 Å². The number of nitrogens with zero attached hydrogens (tertiary/aromatic N) is 4. The number of fused-ring (bicyclic) bond motifs is 2. The normalized spacial score (nSPS) is 18.8. The van der Waals surface area contributed by atoms with Gasteiger partial charge >= 0.3 is 0 Å². The maximum Gasteiger partial charge on any atom is 0.274 e. The number of amides is 1. The number of carbonyl (C=O) groups excluding carboxylic acids is 1. The van der Waals surface area contributed by atoms with E-state index in [4.69, 9.17) is 4.99 Å². The van der Waals surface area contributed by atoms with Gasteiger partial charge in [0.15, 0.2) is 5.17 Å². The molecule has 0 spiro atoms. The second kappa shape index (κ2) is 8.86. The number of hydrogen-bond acceptors (Lipinski definition) is 7. The second-order valence-electron chi connectivity index (χ2n) is 8.31. The van der Waals surface area contributed by atoms with E-state index in [0.717, 1.165) is 49.4 Å². The minimum absolute atomic E-state index is 0.0391. The van der Waals surface area contributed by atoms with Crippen LogP contribution in [0.5, 0.6) is 0 Å². The van der Waals surface area contributed by atoms with Gasteiger partial charge in [-0.25, -0.2) is 9.98 Å². The van der Waals surface area contributed by atoms with E-state index in [9.17, 15) is 4.79 Å². The molecule has 2 aliphatic heterocycles. The van der Waals surface area contributed by atoms with Crippen LogP contribution in [-0.2, 0) is 4.79 Å². The highest BCUT2D eigenvalue weighted by Crippen LogP contribution is 2.51. The SMILES string of the molecule is CCN1C(=C2SC(=Nc3ccc4nc(C)sc4c3)N(c3cccc(C)c3)C2=O)Sc2ccccc21. The van der Waals surface area contributed by atoms with Crippen LogP contribution in [0, 0.1) is 13.8 Å². The molecule has 2 aliphatic rings. The van der Waals surface area contributed by atoms with Crippen molar-refractivity contribution < 1.29 is 4.79 Å². The largest absolute Gasteiger partial charge is 0.334 e. The zero-order valence-electron chi connectivity index (χ0n) is 19.5. The van der Waals surface area contributed by atoms with E-state index in [-0.39, 0.29) is 5.91 Å². The van der Waals surface area contributed by atoms with Crippen LogP contribution >= 0.6 is 34.9 Å². The van der Waals surface area contributed by atoms with Crippen molar-refractivity contribution in [1.29, 1.82) is 0 Å². The Balaban J connectivity index is 1.48. The van der Waals surface area contributed by atoms with E-state index < -0.39 is 0 Å². The molecule has 1 aromatic heterocycles. The molecule has 1 saturated heterocycles. The number of thiazole rings is 1. The van der Waals surface area contributed by atoms with Gasteiger partial charge in [0.1, 0.15) is 9.93 Å². The number of hydrogen-bond donors (Lipinski definition) is 0. The Morgan fingerprint density at radius 1 is 0.971 bits per heavy atom. The lowest BCUT2D eigenvalue weighted by Gasteiger charge is -2.19. The van der Waals surface area contributed by atoms with Gasteiger partial charge in [0.2, 0.25) is 0 Å². The van der Waals surface area contributed by atoms with Gasteiger partial charge in [-0.1, -0.05) is 36.0 Å². The molecule has 5 nitrogen and oxygen atoms in total. The number of benzene rings is 3. The van der Waals surface area contributed by atoms with Gasteiger partial charge in [-0.2, -0.15) is 0 Å². The number of para-hydroxylation sites is 1. The molecule has 4 aromatic rings. The third-order valence-electron chi connectivity index (χ3n) is 5.86. The fourth-order valence-corrected chi connectivity index (χ4v) is 7.55. The molecular formula is C27H22N4OS3. The molecule has 0 radical (unpaired) electrons. The maximum absolute atomic E-state index is 14.0. The zero-order valence-corrected chi connectivity index (χ0v) is 21.9. The summed E-state index contributed by atoms with van der Waals surface area (Å²) in [6.45, 7) is 6.95. The van der Waals surface area contributed by atoms with E-state index in [2.05, 4.69) is 35.0 Å². The molecular weight excluding hydrogens is 493 g/mol. The molecule has 174 valence electrons. The van der Waals surface area contributed by atoms with E-state index in [1.807, 2.05) is 62.4 Å². The molecule has 0 saturated carbocycles. The monoisotopic (exact) mass is 514 g/mol. The molecule has 3 aromatic carbocycles. The number of amidine groups is 1. The quantitative estimate of drug-likeness (QED) is 0.265. The molecule has 0 aliphatic carbocycles. The smallest absolute Gasteiger partial charge is 0.274 e. The van der Waals surface area contributed by atoms with Crippen molar-refractivity contribution in [2.45, 2.75) is 25.7 Å². The molecule has 3 heterocycles. The van der Waals surface area contributed by atoms with Crippen LogP contribution in [0.4, 0.5) is 17.1 Å². The summed E-state index contributed by atoms with van der Waals surface area (Å²) in [5, 5.41) is 2.66. The van der Waals surface area contributed by atoms with Gasteiger partial charge < -0.3 is 4.90 Å². The van der Waals surface area contributed by atoms with Crippen LogP contribution in [0.15, 0.2) is 86.6 Å². The van der Waals surface area contributed by atoms with Crippen LogP contribution in [-0.4, -0.2) is 22.6 Å². The minimum atomic E-state index is -0.0391. The molecule has 1 amide bonds. The molecule has 0 N–H and O–H groups in total. The van der Waals surface area contributed by atoms with E-state index in [1.165, 1.54) is 16.7 Å². The Bertz CT molecular complexity index is 1560.